The second-order valence-corrected chi connectivity index (χ2v) is 6.17. The summed E-state index contributed by atoms with van der Waals surface area (Å²) in [5.74, 6) is 0. The molecule has 1 fully saturated rings. The Bertz CT molecular complexity index is 404. The van der Waals surface area contributed by atoms with E-state index in [4.69, 9.17) is 4.98 Å². The van der Waals surface area contributed by atoms with Gasteiger partial charge in [0.25, 0.3) is 0 Å². The van der Waals surface area contributed by atoms with Gasteiger partial charge in [0, 0.05) is 17.5 Å². The number of fused-ring (bicyclic) bond motifs is 1. The summed E-state index contributed by atoms with van der Waals surface area (Å²) < 4.78 is 0. The quantitative estimate of drug-likeness (QED) is 0.879. The summed E-state index contributed by atoms with van der Waals surface area (Å²) in [7, 11) is 0. The van der Waals surface area contributed by atoms with Crippen LogP contribution in [0.25, 0.3) is 0 Å². The molecule has 4 heteroatoms. The highest BCUT2D eigenvalue weighted by Gasteiger charge is 2.29. The molecule has 1 aromatic heterocycles. The molecule has 94 valence electrons. The first-order valence-electron chi connectivity index (χ1n) is 6.74. The van der Waals surface area contributed by atoms with E-state index in [2.05, 4.69) is 11.8 Å². The van der Waals surface area contributed by atoms with Crippen LogP contribution in [-0.4, -0.2) is 22.7 Å². The Morgan fingerprint density at radius 3 is 3.06 bits per heavy atom. The molecule has 0 saturated carbocycles. The van der Waals surface area contributed by atoms with Gasteiger partial charge in [-0.3, -0.25) is 0 Å². The summed E-state index contributed by atoms with van der Waals surface area (Å²) >= 11 is 1.81. The first kappa shape index (κ1) is 11.5. The number of hydrogen-bond acceptors (Lipinski definition) is 4. The Morgan fingerprint density at radius 1 is 1.41 bits per heavy atom. The molecule has 2 unspecified atom stereocenters. The van der Waals surface area contributed by atoms with Gasteiger partial charge in [0.05, 0.1) is 11.8 Å². The van der Waals surface area contributed by atoms with E-state index in [1.54, 1.807) is 0 Å². The fourth-order valence-electron chi connectivity index (χ4n) is 3.02. The molecule has 1 saturated heterocycles. The van der Waals surface area contributed by atoms with Crippen LogP contribution >= 0.6 is 11.3 Å². The molecular formula is C13H20N2OS. The van der Waals surface area contributed by atoms with Gasteiger partial charge >= 0.3 is 0 Å². The molecule has 1 aromatic rings. The number of aryl methyl sites for hydroxylation is 1. The fraction of sp³-hybridized carbons (Fsp3) is 0.769. The van der Waals surface area contributed by atoms with Crippen molar-refractivity contribution in [2.45, 2.75) is 57.6 Å². The molecule has 0 bridgehead atoms. The highest BCUT2D eigenvalue weighted by atomic mass is 32.1. The molecular weight excluding hydrogens is 232 g/mol. The first-order valence-corrected chi connectivity index (χ1v) is 7.55. The Morgan fingerprint density at radius 2 is 2.29 bits per heavy atom. The fourth-order valence-corrected chi connectivity index (χ4v) is 4.27. The van der Waals surface area contributed by atoms with Gasteiger partial charge in [-0.25, -0.2) is 4.98 Å². The van der Waals surface area contributed by atoms with Crippen LogP contribution in [0.15, 0.2) is 0 Å². The minimum Gasteiger partial charge on any atom is -0.387 e. The summed E-state index contributed by atoms with van der Waals surface area (Å²) in [4.78, 5) is 8.48. The Hall–Kier alpha value is -0.610. The monoisotopic (exact) mass is 252 g/mol. The van der Waals surface area contributed by atoms with Gasteiger partial charge in [0.1, 0.15) is 0 Å². The zero-order chi connectivity index (χ0) is 11.8. The van der Waals surface area contributed by atoms with Crippen LogP contribution in [0.1, 0.15) is 55.7 Å². The maximum atomic E-state index is 9.97. The van der Waals surface area contributed by atoms with Crippen molar-refractivity contribution >= 4 is 16.5 Å². The first-order chi connectivity index (χ1) is 8.29. The second kappa shape index (κ2) is 4.58. The van der Waals surface area contributed by atoms with Crippen LogP contribution < -0.4 is 4.90 Å². The third-order valence-electron chi connectivity index (χ3n) is 4.01. The van der Waals surface area contributed by atoms with Gasteiger partial charge in [0.15, 0.2) is 5.13 Å². The number of hydrogen-bond donors (Lipinski definition) is 1. The van der Waals surface area contributed by atoms with E-state index in [1.165, 1.54) is 24.1 Å². The van der Waals surface area contributed by atoms with Crippen LogP contribution in [0.5, 0.6) is 0 Å². The SMILES string of the molecule is CCC1CCCN1c1nc2c(s1)CCCC2O. The number of aliphatic hydroxyl groups is 1. The van der Waals surface area contributed by atoms with Crippen molar-refractivity contribution in [3.8, 4) is 0 Å². The summed E-state index contributed by atoms with van der Waals surface area (Å²) in [6, 6.07) is 0.666. The number of aliphatic hydroxyl groups excluding tert-OH is 1. The summed E-state index contributed by atoms with van der Waals surface area (Å²) in [5, 5.41) is 11.1. The van der Waals surface area contributed by atoms with Crippen molar-refractivity contribution in [2.75, 3.05) is 11.4 Å². The molecule has 0 spiro atoms. The molecule has 0 radical (unpaired) electrons. The van der Waals surface area contributed by atoms with E-state index < -0.39 is 0 Å². The largest absolute Gasteiger partial charge is 0.387 e. The van der Waals surface area contributed by atoms with E-state index in [9.17, 15) is 5.11 Å². The zero-order valence-corrected chi connectivity index (χ0v) is 11.2. The van der Waals surface area contributed by atoms with E-state index >= 15 is 0 Å². The van der Waals surface area contributed by atoms with Crippen LogP contribution in [0.3, 0.4) is 0 Å². The standard InChI is InChI=1S/C13H20N2OS/c1-2-9-5-4-8-15(9)13-14-12-10(16)6-3-7-11(12)17-13/h9-10,16H,2-8H2,1H3. The molecule has 1 aliphatic carbocycles. The maximum Gasteiger partial charge on any atom is 0.186 e. The third-order valence-corrected chi connectivity index (χ3v) is 5.18. The number of anilines is 1. The summed E-state index contributed by atoms with van der Waals surface area (Å²) in [6.07, 6.45) is 6.56. The number of aromatic nitrogens is 1. The molecule has 17 heavy (non-hydrogen) atoms. The molecule has 2 aliphatic rings. The third kappa shape index (κ3) is 1.97. The maximum absolute atomic E-state index is 9.97. The zero-order valence-electron chi connectivity index (χ0n) is 10.4. The van der Waals surface area contributed by atoms with Crippen molar-refractivity contribution in [2.24, 2.45) is 0 Å². The number of thiazole rings is 1. The number of nitrogens with zero attached hydrogens (tertiary/aromatic N) is 2. The van der Waals surface area contributed by atoms with Gasteiger partial charge in [-0.15, -0.1) is 11.3 Å². The number of rotatable bonds is 2. The minimum atomic E-state index is -0.313. The van der Waals surface area contributed by atoms with Gasteiger partial charge in [-0.1, -0.05) is 6.92 Å². The average molecular weight is 252 g/mol. The lowest BCUT2D eigenvalue weighted by molar-refractivity contribution is 0.153. The predicted molar refractivity (Wildman–Crippen MR) is 70.7 cm³/mol. The smallest absolute Gasteiger partial charge is 0.186 e. The topological polar surface area (TPSA) is 36.4 Å². The van der Waals surface area contributed by atoms with Crippen LogP contribution in [0, 0.1) is 0 Å². The molecule has 1 aliphatic heterocycles. The van der Waals surface area contributed by atoms with Crippen LogP contribution in [-0.2, 0) is 6.42 Å². The average Bonchev–Trinajstić information content (AvgIpc) is 2.94. The van der Waals surface area contributed by atoms with Crippen molar-refractivity contribution in [3.05, 3.63) is 10.6 Å². The Kier molecular flexibility index (Phi) is 3.09. The molecule has 0 amide bonds. The Labute approximate surface area is 106 Å². The minimum absolute atomic E-state index is 0.313. The molecule has 0 aromatic carbocycles. The van der Waals surface area contributed by atoms with Crippen LogP contribution in [0.2, 0.25) is 0 Å². The van der Waals surface area contributed by atoms with E-state index in [-0.39, 0.29) is 6.10 Å². The highest BCUT2D eigenvalue weighted by molar-refractivity contribution is 7.15. The second-order valence-electron chi connectivity index (χ2n) is 5.11. The highest BCUT2D eigenvalue weighted by Crippen LogP contribution is 2.38. The summed E-state index contributed by atoms with van der Waals surface area (Å²) in [5.41, 5.74) is 0.970. The molecule has 3 nitrogen and oxygen atoms in total. The van der Waals surface area contributed by atoms with Gasteiger partial charge in [-0.2, -0.15) is 0 Å². The summed E-state index contributed by atoms with van der Waals surface area (Å²) in [6.45, 7) is 3.40. The van der Waals surface area contributed by atoms with Crippen molar-refractivity contribution in [3.63, 3.8) is 0 Å². The van der Waals surface area contributed by atoms with E-state index in [0.717, 1.165) is 36.6 Å². The van der Waals surface area contributed by atoms with E-state index in [0.29, 0.717) is 6.04 Å². The molecule has 3 rings (SSSR count). The van der Waals surface area contributed by atoms with Crippen molar-refractivity contribution in [1.29, 1.82) is 0 Å². The molecule has 2 heterocycles. The van der Waals surface area contributed by atoms with Gasteiger partial charge in [0.2, 0.25) is 0 Å². The lowest BCUT2D eigenvalue weighted by atomic mass is 10.0. The van der Waals surface area contributed by atoms with Gasteiger partial charge < -0.3 is 10.0 Å². The van der Waals surface area contributed by atoms with Gasteiger partial charge in [-0.05, 0) is 38.5 Å². The predicted octanol–water partition coefficient (Wildman–Crippen LogP) is 2.89. The van der Waals surface area contributed by atoms with Crippen molar-refractivity contribution < 1.29 is 5.11 Å². The normalized spacial score (nSPS) is 28.5. The molecule has 1 N–H and O–H groups in total. The lowest BCUT2D eigenvalue weighted by Crippen LogP contribution is -2.28. The van der Waals surface area contributed by atoms with Crippen molar-refractivity contribution in [1.82, 2.24) is 4.98 Å². The Balaban J connectivity index is 1.89. The molecule has 2 atom stereocenters. The lowest BCUT2D eigenvalue weighted by Gasteiger charge is -2.22. The van der Waals surface area contributed by atoms with E-state index in [1.807, 2.05) is 11.3 Å². The van der Waals surface area contributed by atoms with Crippen LogP contribution in [0.4, 0.5) is 5.13 Å².